The van der Waals surface area contributed by atoms with Crippen LogP contribution in [0.15, 0.2) is 65.3 Å². The molecule has 174 valence electrons. The minimum Gasteiger partial charge on any atom is -0.462 e. The zero-order valence-corrected chi connectivity index (χ0v) is 20.3. The fourth-order valence-electron chi connectivity index (χ4n) is 4.23. The topological polar surface area (TPSA) is 79.2 Å². The zero-order chi connectivity index (χ0) is 23.7. The predicted octanol–water partition coefficient (Wildman–Crippen LogP) is 4.78. The quantitative estimate of drug-likeness (QED) is 0.391. The number of rotatable bonds is 4. The summed E-state index contributed by atoms with van der Waals surface area (Å²) in [5.41, 5.74) is 3.98. The summed E-state index contributed by atoms with van der Waals surface area (Å²) in [5.74, 6) is 0.511. The summed E-state index contributed by atoms with van der Waals surface area (Å²) in [6.45, 7) is 4.53. The molecule has 2 aromatic carbocycles. The summed E-state index contributed by atoms with van der Waals surface area (Å²) in [6.07, 6.45) is 2.05. The Balaban J connectivity index is 1.29. The number of urea groups is 1. The molecule has 4 aromatic rings. The largest absolute Gasteiger partial charge is 0.462 e. The molecule has 1 fully saturated rings. The number of anilines is 2. The third kappa shape index (κ3) is 4.31. The van der Waals surface area contributed by atoms with E-state index in [1.807, 2.05) is 24.4 Å². The van der Waals surface area contributed by atoms with Gasteiger partial charge in [0, 0.05) is 42.5 Å². The van der Waals surface area contributed by atoms with Crippen LogP contribution in [0.2, 0.25) is 0 Å². The maximum absolute atomic E-state index is 12.9. The lowest BCUT2D eigenvalue weighted by molar-refractivity contribution is 0.0526. The van der Waals surface area contributed by atoms with Crippen molar-refractivity contribution in [2.75, 3.05) is 43.0 Å². The molecule has 0 atom stereocenters. The van der Waals surface area contributed by atoms with Gasteiger partial charge in [-0.05, 0) is 55.5 Å². The molecule has 3 heterocycles. The lowest BCUT2D eigenvalue weighted by Crippen LogP contribution is -2.50. The number of esters is 1. The number of nitrogens with zero attached hydrogens (tertiary/aromatic N) is 4. The molecule has 0 spiro atoms. The Morgan fingerprint density at radius 2 is 1.85 bits per heavy atom. The van der Waals surface area contributed by atoms with Crippen LogP contribution in [0, 0.1) is 0 Å². The van der Waals surface area contributed by atoms with Crippen LogP contribution in [0.5, 0.6) is 0 Å². The second-order valence-corrected chi connectivity index (χ2v) is 8.95. The molecule has 1 N–H and O–H groups in total. The van der Waals surface area contributed by atoms with Gasteiger partial charge in [0.25, 0.3) is 0 Å². The van der Waals surface area contributed by atoms with Gasteiger partial charge < -0.3 is 24.3 Å². The standard InChI is InChI=1S/C25H24BrN5O3/c1-2-34-24(32)17-5-3-6-19(15-17)27-25(33)30-13-11-29(12-14-30)23-22-7-4-10-31(22)21-9-8-18(26)16-20(21)28-23/h3-10,15-16H,2,11-14H2,1H3,(H,27,33). The highest BCUT2D eigenvalue weighted by Crippen LogP contribution is 2.28. The van der Waals surface area contributed by atoms with E-state index >= 15 is 0 Å². The molecule has 0 saturated carbocycles. The number of halogens is 1. The smallest absolute Gasteiger partial charge is 0.338 e. The Bertz CT molecular complexity index is 1380. The predicted molar refractivity (Wildman–Crippen MR) is 136 cm³/mol. The van der Waals surface area contributed by atoms with E-state index < -0.39 is 5.97 Å². The molecule has 0 unspecified atom stereocenters. The number of amides is 2. The Hall–Kier alpha value is -3.59. The number of piperazine rings is 1. The number of aromatic nitrogens is 2. The Morgan fingerprint density at radius 1 is 1.03 bits per heavy atom. The van der Waals surface area contributed by atoms with Gasteiger partial charge in [0.05, 0.1) is 28.7 Å². The molecule has 1 aliphatic rings. The van der Waals surface area contributed by atoms with Gasteiger partial charge in [-0.2, -0.15) is 0 Å². The fourth-order valence-corrected chi connectivity index (χ4v) is 4.58. The monoisotopic (exact) mass is 521 g/mol. The van der Waals surface area contributed by atoms with Crippen molar-refractivity contribution in [3.8, 4) is 0 Å². The van der Waals surface area contributed by atoms with Gasteiger partial charge in [-0.25, -0.2) is 14.6 Å². The minimum atomic E-state index is -0.404. The van der Waals surface area contributed by atoms with E-state index in [2.05, 4.69) is 42.7 Å². The summed E-state index contributed by atoms with van der Waals surface area (Å²) < 4.78 is 8.18. The van der Waals surface area contributed by atoms with Crippen LogP contribution in [0.25, 0.3) is 16.6 Å². The van der Waals surface area contributed by atoms with Crippen LogP contribution < -0.4 is 10.2 Å². The number of carbonyl (C=O) groups is 2. The molecule has 1 saturated heterocycles. The van der Waals surface area contributed by atoms with Crippen LogP contribution in [0.3, 0.4) is 0 Å². The normalized spacial score (nSPS) is 13.9. The van der Waals surface area contributed by atoms with Crippen molar-refractivity contribution in [3.05, 3.63) is 70.8 Å². The SMILES string of the molecule is CCOC(=O)c1cccc(NC(=O)N2CCN(c3nc4cc(Br)ccc4n4cccc34)CC2)c1. The minimum absolute atomic E-state index is 0.191. The maximum atomic E-state index is 12.9. The van der Waals surface area contributed by atoms with Crippen molar-refractivity contribution in [2.45, 2.75) is 6.92 Å². The summed E-state index contributed by atoms with van der Waals surface area (Å²) in [5, 5.41) is 2.90. The lowest BCUT2D eigenvalue weighted by atomic mass is 10.2. The highest BCUT2D eigenvalue weighted by molar-refractivity contribution is 9.10. The number of hydrogen-bond acceptors (Lipinski definition) is 5. The van der Waals surface area contributed by atoms with Gasteiger partial charge in [0.15, 0.2) is 5.82 Å². The number of hydrogen-bond donors (Lipinski definition) is 1. The van der Waals surface area contributed by atoms with Gasteiger partial charge >= 0.3 is 12.0 Å². The Kier molecular flexibility index (Phi) is 6.10. The number of nitrogens with one attached hydrogen (secondary N) is 1. The average Bonchev–Trinajstić information content (AvgIpc) is 3.34. The summed E-state index contributed by atoms with van der Waals surface area (Å²) >= 11 is 3.54. The molecule has 2 amide bonds. The summed E-state index contributed by atoms with van der Waals surface area (Å²) in [6, 6.07) is 16.8. The first-order valence-electron chi connectivity index (χ1n) is 11.2. The van der Waals surface area contributed by atoms with Gasteiger partial charge in [0.2, 0.25) is 0 Å². The third-order valence-corrected chi connectivity index (χ3v) is 6.39. The van der Waals surface area contributed by atoms with Crippen molar-refractivity contribution >= 4 is 56.0 Å². The van der Waals surface area contributed by atoms with Crippen molar-refractivity contribution in [1.29, 1.82) is 0 Å². The second kappa shape index (κ2) is 9.34. The van der Waals surface area contributed by atoms with Crippen LogP contribution in [0.1, 0.15) is 17.3 Å². The van der Waals surface area contributed by atoms with Crippen molar-refractivity contribution in [2.24, 2.45) is 0 Å². The molecule has 1 aliphatic heterocycles. The van der Waals surface area contributed by atoms with Gasteiger partial charge in [-0.3, -0.25) is 0 Å². The van der Waals surface area contributed by atoms with E-state index in [0.29, 0.717) is 44.0 Å². The Morgan fingerprint density at radius 3 is 2.65 bits per heavy atom. The molecule has 0 bridgehead atoms. The Labute approximate surface area is 205 Å². The number of benzene rings is 2. The first-order valence-corrected chi connectivity index (χ1v) is 12.0. The summed E-state index contributed by atoms with van der Waals surface area (Å²) in [7, 11) is 0. The lowest BCUT2D eigenvalue weighted by Gasteiger charge is -2.35. The second-order valence-electron chi connectivity index (χ2n) is 8.04. The summed E-state index contributed by atoms with van der Waals surface area (Å²) in [4.78, 5) is 33.8. The van der Waals surface area contributed by atoms with Crippen LogP contribution in [0.4, 0.5) is 16.3 Å². The molecule has 8 nitrogen and oxygen atoms in total. The van der Waals surface area contributed by atoms with Crippen LogP contribution in [-0.2, 0) is 4.74 Å². The number of carbonyl (C=O) groups excluding carboxylic acids is 2. The van der Waals surface area contributed by atoms with Crippen molar-refractivity contribution < 1.29 is 14.3 Å². The fraction of sp³-hybridized carbons (Fsp3) is 0.240. The van der Waals surface area contributed by atoms with E-state index in [-0.39, 0.29) is 6.03 Å². The third-order valence-electron chi connectivity index (χ3n) is 5.89. The molecular formula is C25H24BrN5O3. The molecule has 5 rings (SSSR count). The van der Waals surface area contributed by atoms with Gasteiger partial charge in [-0.1, -0.05) is 22.0 Å². The average molecular weight is 522 g/mol. The van der Waals surface area contributed by atoms with E-state index in [1.54, 1.807) is 36.1 Å². The van der Waals surface area contributed by atoms with E-state index in [1.165, 1.54) is 0 Å². The number of fused-ring (bicyclic) bond motifs is 3. The van der Waals surface area contributed by atoms with E-state index in [9.17, 15) is 9.59 Å². The van der Waals surface area contributed by atoms with E-state index in [0.717, 1.165) is 26.8 Å². The molecular weight excluding hydrogens is 498 g/mol. The van der Waals surface area contributed by atoms with Crippen LogP contribution >= 0.6 is 15.9 Å². The van der Waals surface area contributed by atoms with Crippen molar-refractivity contribution in [1.82, 2.24) is 14.3 Å². The van der Waals surface area contributed by atoms with Crippen molar-refractivity contribution in [3.63, 3.8) is 0 Å². The first-order chi connectivity index (χ1) is 16.5. The van der Waals surface area contributed by atoms with E-state index in [4.69, 9.17) is 9.72 Å². The van der Waals surface area contributed by atoms with Crippen LogP contribution in [-0.4, -0.2) is 59.1 Å². The molecule has 34 heavy (non-hydrogen) atoms. The molecule has 0 aliphatic carbocycles. The molecule has 0 radical (unpaired) electrons. The zero-order valence-electron chi connectivity index (χ0n) is 18.7. The van der Waals surface area contributed by atoms with Gasteiger partial charge in [-0.15, -0.1) is 0 Å². The highest BCUT2D eigenvalue weighted by atomic mass is 79.9. The molecule has 2 aromatic heterocycles. The van der Waals surface area contributed by atoms with Gasteiger partial charge in [0.1, 0.15) is 0 Å². The number of ether oxygens (including phenoxy) is 1. The maximum Gasteiger partial charge on any atom is 0.338 e. The first kappa shape index (κ1) is 22.2. The highest BCUT2D eigenvalue weighted by Gasteiger charge is 2.24. The molecule has 9 heteroatoms.